The van der Waals surface area contributed by atoms with Crippen molar-refractivity contribution >= 4 is 22.6 Å². The van der Waals surface area contributed by atoms with E-state index in [9.17, 15) is 0 Å². The maximum atomic E-state index is 6.12. The molecule has 1 aromatic carbocycles. The maximum Gasteiger partial charge on any atom is 0.124 e. The molecule has 1 aromatic heterocycles. The van der Waals surface area contributed by atoms with Crippen LogP contribution < -0.4 is 0 Å². The van der Waals surface area contributed by atoms with Crippen molar-refractivity contribution in [3.8, 4) is 0 Å². The number of fused-ring (bicyclic) bond motifs is 1. The van der Waals surface area contributed by atoms with E-state index in [-0.39, 0.29) is 0 Å². The third-order valence-corrected chi connectivity index (χ3v) is 4.94. The largest absolute Gasteiger partial charge is 0.327 e. The standard InChI is InChI=1S/C17H24ClN3/c1-3-20-8-6-14(7-9-20)12-21-16-5-4-13(2)10-15(16)19-17(21)11-18/h4-5,10,14H,3,6-9,11-12H2,1-2H3. The number of aromatic nitrogens is 2. The van der Waals surface area contributed by atoms with Gasteiger partial charge in [-0.2, -0.15) is 0 Å². The van der Waals surface area contributed by atoms with Gasteiger partial charge in [-0.3, -0.25) is 0 Å². The second-order valence-electron chi connectivity index (χ2n) is 6.14. The molecule has 0 radical (unpaired) electrons. The molecule has 3 rings (SSSR count). The Bertz CT molecular complexity index is 612. The third-order valence-electron chi connectivity index (χ3n) is 4.70. The van der Waals surface area contributed by atoms with Crippen LogP contribution in [-0.2, 0) is 12.4 Å². The SMILES string of the molecule is CCN1CCC(Cn2c(CCl)nc3cc(C)ccc32)CC1. The van der Waals surface area contributed by atoms with Crippen LogP contribution in [0.4, 0.5) is 0 Å². The zero-order valence-electron chi connectivity index (χ0n) is 13.0. The lowest BCUT2D eigenvalue weighted by atomic mass is 9.96. The van der Waals surface area contributed by atoms with Crippen LogP contribution in [0.15, 0.2) is 18.2 Å². The van der Waals surface area contributed by atoms with Gasteiger partial charge in [-0.1, -0.05) is 13.0 Å². The van der Waals surface area contributed by atoms with Gasteiger partial charge in [0.1, 0.15) is 5.82 Å². The molecule has 114 valence electrons. The second-order valence-corrected chi connectivity index (χ2v) is 6.41. The van der Waals surface area contributed by atoms with E-state index in [4.69, 9.17) is 16.6 Å². The van der Waals surface area contributed by atoms with Gasteiger partial charge < -0.3 is 9.47 Å². The normalized spacial score (nSPS) is 17.7. The fourth-order valence-corrected chi connectivity index (χ4v) is 3.54. The molecule has 2 heterocycles. The molecule has 0 spiro atoms. The number of benzene rings is 1. The fraction of sp³-hybridized carbons (Fsp3) is 0.588. The number of aryl methyl sites for hydroxylation is 1. The van der Waals surface area contributed by atoms with Crippen molar-refractivity contribution in [2.45, 2.75) is 39.1 Å². The molecular weight excluding hydrogens is 282 g/mol. The van der Waals surface area contributed by atoms with Gasteiger partial charge in [0.05, 0.1) is 16.9 Å². The Kier molecular flexibility index (Phi) is 4.51. The summed E-state index contributed by atoms with van der Waals surface area (Å²) in [4.78, 5) is 7.25. The van der Waals surface area contributed by atoms with Gasteiger partial charge in [0, 0.05) is 6.54 Å². The lowest BCUT2D eigenvalue weighted by Gasteiger charge is -2.31. The molecule has 0 saturated carbocycles. The average molecular weight is 306 g/mol. The summed E-state index contributed by atoms with van der Waals surface area (Å²) >= 11 is 6.12. The predicted molar refractivity (Wildman–Crippen MR) is 88.9 cm³/mol. The van der Waals surface area contributed by atoms with Crippen molar-refractivity contribution in [2.24, 2.45) is 5.92 Å². The van der Waals surface area contributed by atoms with Crippen molar-refractivity contribution in [1.82, 2.24) is 14.5 Å². The number of likely N-dealkylation sites (tertiary alicyclic amines) is 1. The van der Waals surface area contributed by atoms with Crippen molar-refractivity contribution in [1.29, 1.82) is 0 Å². The number of piperidine rings is 1. The molecule has 2 aromatic rings. The third kappa shape index (κ3) is 3.09. The number of alkyl halides is 1. The molecule has 0 aliphatic carbocycles. The van der Waals surface area contributed by atoms with Crippen LogP contribution in [-0.4, -0.2) is 34.1 Å². The van der Waals surface area contributed by atoms with Crippen LogP contribution >= 0.6 is 11.6 Å². The Balaban J connectivity index is 1.83. The average Bonchev–Trinajstić information content (AvgIpc) is 2.85. The zero-order valence-corrected chi connectivity index (χ0v) is 13.7. The van der Waals surface area contributed by atoms with E-state index in [1.807, 2.05) is 0 Å². The Morgan fingerprint density at radius 2 is 2.05 bits per heavy atom. The number of hydrogen-bond acceptors (Lipinski definition) is 2. The van der Waals surface area contributed by atoms with E-state index in [0.29, 0.717) is 5.88 Å². The molecule has 0 unspecified atom stereocenters. The number of imidazole rings is 1. The van der Waals surface area contributed by atoms with Gasteiger partial charge >= 0.3 is 0 Å². The van der Waals surface area contributed by atoms with Gasteiger partial charge in [0.2, 0.25) is 0 Å². The molecule has 0 bridgehead atoms. The first kappa shape index (κ1) is 14.9. The molecule has 3 nitrogen and oxygen atoms in total. The highest BCUT2D eigenvalue weighted by Crippen LogP contribution is 2.24. The van der Waals surface area contributed by atoms with Gasteiger partial charge in [0.25, 0.3) is 0 Å². The fourth-order valence-electron chi connectivity index (χ4n) is 3.34. The van der Waals surface area contributed by atoms with Gasteiger partial charge in [-0.15, -0.1) is 11.6 Å². The number of rotatable bonds is 4. The van der Waals surface area contributed by atoms with E-state index >= 15 is 0 Å². The molecule has 1 aliphatic rings. The van der Waals surface area contributed by atoms with E-state index in [1.54, 1.807) is 0 Å². The molecule has 4 heteroatoms. The van der Waals surface area contributed by atoms with Gasteiger partial charge in [-0.05, 0) is 63.0 Å². The van der Waals surface area contributed by atoms with E-state index in [2.05, 4.69) is 41.5 Å². The molecule has 0 N–H and O–H groups in total. The van der Waals surface area contributed by atoms with Crippen LogP contribution in [0, 0.1) is 12.8 Å². The van der Waals surface area contributed by atoms with Crippen LogP contribution in [0.3, 0.4) is 0 Å². The highest BCUT2D eigenvalue weighted by atomic mass is 35.5. The first-order valence-electron chi connectivity index (χ1n) is 7.95. The van der Waals surface area contributed by atoms with Gasteiger partial charge in [0.15, 0.2) is 0 Å². The highest BCUT2D eigenvalue weighted by molar-refractivity contribution is 6.16. The Hall–Kier alpha value is -1.06. The summed E-state index contributed by atoms with van der Waals surface area (Å²) in [5, 5.41) is 0. The lowest BCUT2D eigenvalue weighted by molar-refractivity contribution is 0.181. The first-order chi connectivity index (χ1) is 10.2. The molecule has 1 aliphatic heterocycles. The number of nitrogens with zero attached hydrogens (tertiary/aromatic N) is 3. The zero-order chi connectivity index (χ0) is 14.8. The number of hydrogen-bond donors (Lipinski definition) is 0. The van der Waals surface area contributed by atoms with Crippen LogP contribution in [0.1, 0.15) is 31.2 Å². The summed E-state index contributed by atoms with van der Waals surface area (Å²) in [7, 11) is 0. The van der Waals surface area contributed by atoms with Gasteiger partial charge in [-0.25, -0.2) is 4.98 Å². The summed E-state index contributed by atoms with van der Waals surface area (Å²) in [6.07, 6.45) is 2.56. The van der Waals surface area contributed by atoms with Crippen molar-refractivity contribution < 1.29 is 0 Å². The summed E-state index contributed by atoms with van der Waals surface area (Å²) in [6.45, 7) is 9.04. The minimum absolute atomic E-state index is 0.488. The molecule has 0 atom stereocenters. The molecule has 0 amide bonds. The van der Waals surface area contributed by atoms with Crippen molar-refractivity contribution in [3.63, 3.8) is 0 Å². The first-order valence-corrected chi connectivity index (χ1v) is 8.48. The smallest absolute Gasteiger partial charge is 0.124 e. The summed E-state index contributed by atoms with van der Waals surface area (Å²) in [5.41, 5.74) is 3.57. The predicted octanol–water partition coefficient (Wildman–Crippen LogP) is 3.82. The van der Waals surface area contributed by atoms with E-state index in [1.165, 1.54) is 43.6 Å². The van der Waals surface area contributed by atoms with Crippen LogP contribution in [0.25, 0.3) is 11.0 Å². The molecule has 1 fully saturated rings. The Morgan fingerprint density at radius 3 is 2.71 bits per heavy atom. The Morgan fingerprint density at radius 1 is 1.29 bits per heavy atom. The second kappa shape index (κ2) is 6.37. The quantitative estimate of drug-likeness (QED) is 0.801. The maximum absolute atomic E-state index is 6.12. The monoisotopic (exact) mass is 305 g/mol. The summed E-state index contributed by atoms with van der Waals surface area (Å²) in [5.74, 6) is 2.24. The van der Waals surface area contributed by atoms with Crippen LogP contribution in [0.5, 0.6) is 0 Å². The minimum Gasteiger partial charge on any atom is -0.327 e. The van der Waals surface area contributed by atoms with E-state index < -0.39 is 0 Å². The minimum atomic E-state index is 0.488. The van der Waals surface area contributed by atoms with Crippen molar-refractivity contribution in [3.05, 3.63) is 29.6 Å². The number of halogens is 1. The summed E-state index contributed by atoms with van der Waals surface area (Å²) in [6, 6.07) is 6.51. The molecule has 21 heavy (non-hydrogen) atoms. The highest BCUT2D eigenvalue weighted by Gasteiger charge is 2.20. The van der Waals surface area contributed by atoms with Crippen molar-refractivity contribution in [2.75, 3.05) is 19.6 Å². The molecule has 1 saturated heterocycles. The summed E-state index contributed by atoms with van der Waals surface area (Å²) < 4.78 is 2.34. The van der Waals surface area contributed by atoms with Crippen LogP contribution in [0.2, 0.25) is 0 Å². The Labute approximate surface area is 131 Å². The lowest BCUT2D eigenvalue weighted by Crippen LogP contribution is -2.34. The molecular formula is C17H24ClN3. The topological polar surface area (TPSA) is 21.1 Å². The van der Waals surface area contributed by atoms with E-state index in [0.717, 1.165) is 23.8 Å².